The van der Waals surface area contributed by atoms with Crippen LogP contribution in [0.3, 0.4) is 0 Å². The van der Waals surface area contributed by atoms with Crippen molar-refractivity contribution in [2.75, 3.05) is 6.54 Å². The lowest BCUT2D eigenvalue weighted by molar-refractivity contribution is -0.122. The average Bonchev–Trinajstić information content (AvgIpc) is 3.29. The predicted molar refractivity (Wildman–Crippen MR) is 136 cm³/mol. The van der Waals surface area contributed by atoms with E-state index in [0.29, 0.717) is 27.1 Å². The molecule has 2 aromatic carbocycles. The quantitative estimate of drug-likeness (QED) is 0.117. The van der Waals surface area contributed by atoms with Crippen LogP contribution >= 0.6 is 24.0 Å². The molecule has 0 radical (unpaired) electrons. The normalized spacial score (nSPS) is 15.1. The molecule has 0 aliphatic carbocycles. The second-order valence-electron chi connectivity index (χ2n) is 7.90. The van der Waals surface area contributed by atoms with Gasteiger partial charge in [-0.25, -0.2) is 4.79 Å². The summed E-state index contributed by atoms with van der Waals surface area (Å²) in [6, 6.07) is 14.5. The SMILES string of the molecule is CCCCCCN1C(=O)C(=Cc2ccc(OC(=O)c3oc4ccccc4c3C)cc2)SC1=S. The third kappa shape index (κ3) is 5.20. The molecule has 1 aromatic heterocycles. The zero-order valence-electron chi connectivity index (χ0n) is 18.6. The molecule has 33 heavy (non-hydrogen) atoms. The summed E-state index contributed by atoms with van der Waals surface area (Å²) in [5.74, 6) is 0.0149. The second kappa shape index (κ2) is 10.4. The van der Waals surface area contributed by atoms with Crippen LogP contribution in [0.25, 0.3) is 17.0 Å². The summed E-state index contributed by atoms with van der Waals surface area (Å²) in [5.41, 5.74) is 2.24. The van der Waals surface area contributed by atoms with E-state index in [0.717, 1.165) is 42.2 Å². The minimum absolute atomic E-state index is 0.0441. The Bertz CT molecular complexity index is 1230. The second-order valence-corrected chi connectivity index (χ2v) is 9.58. The number of furan rings is 1. The number of benzene rings is 2. The zero-order valence-corrected chi connectivity index (χ0v) is 20.3. The largest absolute Gasteiger partial charge is 0.449 e. The van der Waals surface area contributed by atoms with Crippen LogP contribution < -0.4 is 4.74 Å². The lowest BCUT2D eigenvalue weighted by atomic mass is 10.1. The Balaban J connectivity index is 1.41. The highest BCUT2D eigenvalue weighted by Crippen LogP contribution is 2.33. The van der Waals surface area contributed by atoms with E-state index in [1.54, 1.807) is 17.0 Å². The Morgan fingerprint density at radius 1 is 1.12 bits per heavy atom. The molecule has 2 heterocycles. The number of carbonyl (C=O) groups is 2. The fourth-order valence-corrected chi connectivity index (χ4v) is 5.00. The van der Waals surface area contributed by atoms with Gasteiger partial charge in [-0.15, -0.1) is 0 Å². The molecule has 1 fully saturated rings. The maximum atomic E-state index is 12.7. The smallest absolute Gasteiger partial charge is 0.379 e. The van der Waals surface area contributed by atoms with E-state index in [1.165, 1.54) is 11.8 Å². The maximum Gasteiger partial charge on any atom is 0.379 e. The Morgan fingerprint density at radius 2 is 1.88 bits per heavy atom. The number of esters is 1. The van der Waals surface area contributed by atoms with E-state index in [-0.39, 0.29) is 11.7 Å². The van der Waals surface area contributed by atoms with Crippen molar-refractivity contribution in [3.63, 3.8) is 0 Å². The monoisotopic (exact) mass is 479 g/mol. The molecule has 3 aromatic rings. The van der Waals surface area contributed by atoms with E-state index in [1.807, 2.05) is 49.4 Å². The summed E-state index contributed by atoms with van der Waals surface area (Å²) in [7, 11) is 0. The van der Waals surface area contributed by atoms with Gasteiger partial charge < -0.3 is 9.15 Å². The number of hydrogen-bond donors (Lipinski definition) is 0. The van der Waals surface area contributed by atoms with Crippen LogP contribution in [-0.2, 0) is 4.79 Å². The van der Waals surface area contributed by atoms with E-state index in [9.17, 15) is 9.59 Å². The number of carbonyl (C=O) groups excluding carboxylic acids is 2. The van der Waals surface area contributed by atoms with Crippen LogP contribution in [0.5, 0.6) is 5.75 Å². The van der Waals surface area contributed by atoms with Crippen molar-refractivity contribution in [3.8, 4) is 5.75 Å². The molecule has 0 atom stereocenters. The number of hydrogen-bond acceptors (Lipinski definition) is 6. The summed E-state index contributed by atoms with van der Waals surface area (Å²) in [6.45, 7) is 4.66. The van der Waals surface area contributed by atoms with Crippen molar-refractivity contribution < 1.29 is 18.7 Å². The number of thiocarbonyl (C=S) groups is 1. The summed E-state index contributed by atoms with van der Waals surface area (Å²) in [5, 5.41) is 0.891. The predicted octanol–water partition coefficient (Wildman–Crippen LogP) is 6.74. The molecule has 7 heteroatoms. The van der Waals surface area contributed by atoms with Gasteiger partial charge in [-0.3, -0.25) is 9.69 Å². The van der Waals surface area contributed by atoms with Crippen molar-refractivity contribution in [1.29, 1.82) is 0 Å². The van der Waals surface area contributed by atoms with Gasteiger partial charge >= 0.3 is 5.97 Å². The topological polar surface area (TPSA) is 59.8 Å². The first kappa shape index (κ1) is 23.3. The van der Waals surface area contributed by atoms with Gasteiger partial charge in [0.15, 0.2) is 0 Å². The average molecular weight is 480 g/mol. The van der Waals surface area contributed by atoms with Crippen molar-refractivity contribution in [2.24, 2.45) is 0 Å². The Hall–Kier alpha value is -2.90. The number of amides is 1. The Morgan fingerprint density at radius 3 is 2.61 bits per heavy atom. The van der Waals surface area contributed by atoms with Gasteiger partial charge in [-0.2, -0.15) is 0 Å². The van der Waals surface area contributed by atoms with Gasteiger partial charge in [0.05, 0.1) is 4.91 Å². The van der Waals surface area contributed by atoms with Crippen LogP contribution in [0.2, 0.25) is 0 Å². The molecule has 0 unspecified atom stereocenters. The summed E-state index contributed by atoms with van der Waals surface area (Å²) >= 11 is 6.73. The van der Waals surface area contributed by atoms with Crippen molar-refractivity contribution in [1.82, 2.24) is 4.90 Å². The van der Waals surface area contributed by atoms with Gasteiger partial charge in [0.25, 0.3) is 5.91 Å². The molecule has 5 nitrogen and oxygen atoms in total. The minimum Gasteiger partial charge on any atom is -0.449 e. The molecular weight excluding hydrogens is 454 g/mol. The molecule has 0 saturated carbocycles. The fraction of sp³-hybridized carbons (Fsp3) is 0.269. The van der Waals surface area contributed by atoms with E-state index >= 15 is 0 Å². The van der Waals surface area contributed by atoms with Gasteiger partial charge in [-0.05, 0) is 43.2 Å². The standard InChI is InChI=1S/C26H25NO4S2/c1-3-4-5-8-15-27-24(28)22(33-26(27)32)16-18-11-13-19(14-12-18)30-25(29)23-17(2)20-9-6-7-10-21(20)31-23/h6-7,9-14,16H,3-5,8,15H2,1-2H3. The molecule has 0 N–H and O–H groups in total. The summed E-state index contributed by atoms with van der Waals surface area (Å²) < 4.78 is 11.8. The fourth-order valence-electron chi connectivity index (χ4n) is 3.70. The van der Waals surface area contributed by atoms with Crippen LogP contribution in [0, 0.1) is 6.92 Å². The Labute approximate surface area is 202 Å². The highest BCUT2D eigenvalue weighted by Gasteiger charge is 2.31. The first-order valence-corrected chi connectivity index (χ1v) is 12.3. The summed E-state index contributed by atoms with van der Waals surface area (Å²) in [6.07, 6.45) is 6.19. The van der Waals surface area contributed by atoms with Gasteiger partial charge in [0, 0.05) is 17.5 Å². The molecule has 0 spiro atoms. The van der Waals surface area contributed by atoms with Gasteiger partial charge in [-0.1, -0.05) is 80.5 Å². The highest BCUT2D eigenvalue weighted by atomic mass is 32.2. The maximum absolute atomic E-state index is 12.7. The Kier molecular flexibility index (Phi) is 7.30. The number of thioether (sulfide) groups is 1. The molecule has 0 bridgehead atoms. The number of nitrogens with zero attached hydrogens (tertiary/aromatic N) is 1. The molecule has 1 amide bonds. The number of aryl methyl sites for hydroxylation is 1. The third-order valence-corrected chi connectivity index (χ3v) is 6.90. The highest BCUT2D eigenvalue weighted by molar-refractivity contribution is 8.26. The number of ether oxygens (including phenoxy) is 1. The van der Waals surface area contributed by atoms with E-state index < -0.39 is 5.97 Å². The molecule has 170 valence electrons. The molecule has 1 saturated heterocycles. The number of fused-ring (bicyclic) bond motifs is 1. The van der Waals surface area contributed by atoms with Gasteiger partial charge in [0.2, 0.25) is 5.76 Å². The third-order valence-electron chi connectivity index (χ3n) is 5.53. The van der Waals surface area contributed by atoms with Crippen LogP contribution in [0.15, 0.2) is 57.9 Å². The molecule has 1 aliphatic heterocycles. The van der Waals surface area contributed by atoms with Crippen molar-refractivity contribution in [3.05, 3.63) is 70.3 Å². The van der Waals surface area contributed by atoms with E-state index in [4.69, 9.17) is 21.4 Å². The molecule has 4 rings (SSSR count). The molecule has 1 aliphatic rings. The van der Waals surface area contributed by atoms with Gasteiger partial charge in [0.1, 0.15) is 15.7 Å². The van der Waals surface area contributed by atoms with Crippen LogP contribution in [-0.4, -0.2) is 27.6 Å². The number of rotatable bonds is 8. The first-order valence-electron chi connectivity index (χ1n) is 11.0. The number of unbranched alkanes of at least 4 members (excludes halogenated alkanes) is 3. The zero-order chi connectivity index (χ0) is 23.4. The van der Waals surface area contributed by atoms with Crippen molar-refractivity contribution >= 4 is 57.2 Å². The lowest BCUT2D eigenvalue weighted by Gasteiger charge is -2.13. The van der Waals surface area contributed by atoms with Crippen LogP contribution in [0.1, 0.15) is 54.3 Å². The first-order chi connectivity index (χ1) is 16.0. The van der Waals surface area contributed by atoms with E-state index in [2.05, 4.69) is 6.92 Å². The lowest BCUT2D eigenvalue weighted by Crippen LogP contribution is -2.28. The minimum atomic E-state index is -0.541. The molecular formula is C26H25NO4S2. The number of para-hydroxylation sites is 1. The summed E-state index contributed by atoms with van der Waals surface area (Å²) in [4.78, 5) is 27.6. The van der Waals surface area contributed by atoms with Crippen LogP contribution in [0.4, 0.5) is 0 Å². The van der Waals surface area contributed by atoms with Crippen molar-refractivity contribution in [2.45, 2.75) is 39.5 Å².